The third-order valence-corrected chi connectivity index (χ3v) is 4.44. The van der Waals surface area contributed by atoms with E-state index < -0.39 is 0 Å². The molecule has 1 saturated heterocycles. The SMILES string of the molecule is COC1CCN(c2ccc(C(N)=S)c(Br)c2F)CC1. The number of rotatable bonds is 3. The van der Waals surface area contributed by atoms with Gasteiger partial charge in [-0.1, -0.05) is 12.2 Å². The van der Waals surface area contributed by atoms with Gasteiger partial charge in [-0.15, -0.1) is 0 Å². The lowest BCUT2D eigenvalue weighted by Gasteiger charge is -2.33. The Balaban J connectivity index is 2.22. The molecule has 1 aromatic rings. The lowest BCUT2D eigenvalue weighted by Crippen LogP contribution is -2.37. The summed E-state index contributed by atoms with van der Waals surface area (Å²) in [6, 6.07) is 3.49. The van der Waals surface area contributed by atoms with Crippen molar-refractivity contribution in [1.29, 1.82) is 0 Å². The first-order chi connectivity index (χ1) is 9.04. The normalized spacial score (nSPS) is 16.7. The number of halogens is 2. The minimum absolute atomic E-state index is 0.190. The smallest absolute Gasteiger partial charge is 0.161 e. The van der Waals surface area contributed by atoms with Gasteiger partial charge in [0.05, 0.1) is 16.3 Å². The number of ether oxygens (including phenoxy) is 1. The molecular weight excluding hydrogens is 331 g/mol. The van der Waals surface area contributed by atoms with E-state index in [1.54, 1.807) is 19.2 Å². The highest BCUT2D eigenvalue weighted by Gasteiger charge is 2.23. The van der Waals surface area contributed by atoms with Crippen molar-refractivity contribution < 1.29 is 9.13 Å². The Morgan fingerprint density at radius 1 is 1.47 bits per heavy atom. The highest BCUT2D eigenvalue weighted by Crippen LogP contribution is 2.31. The average molecular weight is 347 g/mol. The molecule has 0 radical (unpaired) electrons. The number of nitrogens with two attached hydrogens (primary N) is 1. The van der Waals surface area contributed by atoms with Crippen molar-refractivity contribution in [2.45, 2.75) is 18.9 Å². The van der Waals surface area contributed by atoms with E-state index in [1.165, 1.54) is 0 Å². The van der Waals surface area contributed by atoms with Crippen LogP contribution < -0.4 is 10.6 Å². The second-order valence-corrected chi connectivity index (χ2v) is 5.78. The zero-order valence-electron chi connectivity index (χ0n) is 10.7. The van der Waals surface area contributed by atoms with Crippen molar-refractivity contribution >= 4 is 38.8 Å². The van der Waals surface area contributed by atoms with Crippen LogP contribution in [-0.2, 0) is 4.74 Å². The molecule has 3 nitrogen and oxygen atoms in total. The Labute approximate surface area is 126 Å². The van der Waals surface area contributed by atoms with Crippen LogP contribution in [0.1, 0.15) is 18.4 Å². The number of nitrogens with zero attached hydrogens (tertiary/aromatic N) is 1. The molecule has 0 amide bonds. The molecule has 1 aliphatic heterocycles. The predicted octanol–water partition coefficient (Wildman–Crippen LogP) is 2.84. The monoisotopic (exact) mass is 346 g/mol. The van der Waals surface area contributed by atoms with Crippen LogP contribution in [0.25, 0.3) is 0 Å². The summed E-state index contributed by atoms with van der Waals surface area (Å²) in [5.41, 5.74) is 6.67. The summed E-state index contributed by atoms with van der Waals surface area (Å²) in [7, 11) is 1.72. The molecule has 1 heterocycles. The molecule has 1 fully saturated rings. The molecule has 2 rings (SSSR count). The number of piperidine rings is 1. The molecular formula is C13H16BrFN2OS. The molecule has 0 bridgehead atoms. The Bertz CT molecular complexity index is 490. The van der Waals surface area contributed by atoms with Crippen LogP contribution in [0.5, 0.6) is 0 Å². The topological polar surface area (TPSA) is 38.5 Å². The van der Waals surface area contributed by atoms with Crippen LogP contribution in [-0.4, -0.2) is 31.3 Å². The van der Waals surface area contributed by atoms with E-state index in [4.69, 9.17) is 22.7 Å². The van der Waals surface area contributed by atoms with E-state index >= 15 is 0 Å². The molecule has 0 aliphatic carbocycles. The van der Waals surface area contributed by atoms with Gasteiger partial charge in [-0.05, 0) is 40.9 Å². The van der Waals surface area contributed by atoms with E-state index in [1.807, 2.05) is 4.90 Å². The average Bonchev–Trinajstić information content (AvgIpc) is 2.41. The van der Waals surface area contributed by atoms with Crippen molar-refractivity contribution in [3.63, 3.8) is 0 Å². The lowest BCUT2D eigenvalue weighted by molar-refractivity contribution is 0.0818. The molecule has 0 spiro atoms. The number of hydrogen-bond donors (Lipinski definition) is 1. The number of thiocarbonyl (C=S) groups is 1. The zero-order valence-corrected chi connectivity index (χ0v) is 13.1. The third-order valence-electron chi connectivity index (χ3n) is 3.44. The van der Waals surface area contributed by atoms with Gasteiger partial charge in [0, 0.05) is 25.8 Å². The van der Waals surface area contributed by atoms with Crippen LogP contribution >= 0.6 is 28.1 Å². The molecule has 1 aliphatic rings. The molecule has 6 heteroatoms. The van der Waals surface area contributed by atoms with E-state index in [0.717, 1.165) is 25.9 Å². The fraction of sp³-hybridized carbons (Fsp3) is 0.462. The Kier molecular flexibility index (Phi) is 4.76. The summed E-state index contributed by atoms with van der Waals surface area (Å²) in [5, 5.41) is 0. The molecule has 0 aromatic heterocycles. The summed E-state index contributed by atoms with van der Waals surface area (Å²) in [6.07, 6.45) is 2.09. The minimum Gasteiger partial charge on any atom is -0.389 e. The Morgan fingerprint density at radius 3 is 2.63 bits per heavy atom. The van der Waals surface area contributed by atoms with E-state index in [9.17, 15) is 4.39 Å². The van der Waals surface area contributed by atoms with Crippen molar-refractivity contribution in [3.05, 3.63) is 28.0 Å². The molecule has 2 N–H and O–H groups in total. The van der Waals surface area contributed by atoms with E-state index in [-0.39, 0.29) is 16.9 Å². The van der Waals surface area contributed by atoms with Crippen molar-refractivity contribution in [3.8, 4) is 0 Å². The third kappa shape index (κ3) is 3.07. The molecule has 1 aromatic carbocycles. The quantitative estimate of drug-likeness (QED) is 0.854. The number of anilines is 1. The molecule has 0 atom stereocenters. The highest BCUT2D eigenvalue weighted by atomic mass is 79.9. The van der Waals surface area contributed by atoms with Gasteiger partial charge in [0.25, 0.3) is 0 Å². The van der Waals surface area contributed by atoms with Gasteiger partial charge >= 0.3 is 0 Å². The second-order valence-electron chi connectivity index (χ2n) is 4.55. The number of benzene rings is 1. The zero-order chi connectivity index (χ0) is 14.0. The summed E-state index contributed by atoms with van der Waals surface area (Å²) in [6.45, 7) is 1.57. The molecule has 19 heavy (non-hydrogen) atoms. The lowest BCUT2D eigenvalue weighted by atomic mass is 10.1. The van der Waals surface area contributed by atoms with Gasteiger partial charge < -0.3 is 15.4 Å². The molecule has 0 unspecified atom stereocenters. The van der Waals surface area contributed by atoms with Crippen LogP contribution in [0.4, 0.5) is 10.1 Å². The number of hydrogen-bond acceptors (Lipinski definition) is 3. The van der Waals surface area contributed by atoms with Crippen LogP contribution in [0.15, 0.2) is 16.6 Å². The maximum atomic E-state index is 14.4. The predicted molar refractivity (Wildman–Crippen MR) is 82.2 cm³/mol. The Hall–Kier alpha value is -0.720. The Morgan fingerprint density at radius 2 is 2.11 bits per heavy atom. The minimum atomic E-state index is -0.304. The van der Waals surface area contributed by atoms with Gasteiger partial charge in [-0.3, -0.25) is 0 Å². The van der Waals surface area contributed by atoms with Gasteiger partial charge in [-0.25, -0.2) is 4.39 Å². The van der Waals surface area contributed by atoms with Crippen LogP contribution in [0.2, 0.25) is 0 Å². The largest absolute Gasteiger partial charge is 0.389 e. The van der Waals surface area contributed by atoms with Crippen LogP contribution in [0.3, 0.4) is 0 Å². The van der Waals surface area contributed by atoms with Gasteiger partial charge in [0.1, 0.15) is 4.99 Å². The van der Waals surface area contributed by atoms with Crippen molar-refractivity contribution in [2.24, 2.45) is 5.73 Å². The summed E-state index contributed by atoms with van der Waals surface area (Å²) in [4.78, 5) is 2.22. The maximum Gasteiger partial charge on any atom is 0.161 e. The fourth-order valence-corrected chi connectivity index (χ4v) is 3.16. The first kappa shape index (κ1) is 14.7. The first-order valence-electron chi connectivity index (χ1n) is 6.10. The summed E-state index contributed by atoms with van der Waals surface area (Å²) < 4.78 is 20.0. The van der Waals surface area contributed by atoms with E-state index in [0.29, 0.717) is 15.7 Å². The summed E-state index contributed by atoms with van der Waals surface area (Å²) >= 11 is 8.12. The van der Waals surface area contributed by atoms with Crippen molar-refractivity contribution in [1.82, 2.24) is 0 Å². The number of methoxy groups -OCH3 is 1. The van der Waals surface area contributed by atoms with Gasteiger partial charge in [0.15, 0.2) is 5.82 Å². The first-order valence-corrected chi connectivity index (χ1v) is 7.30. The van der Waals surface area contributed by atoms with Crippen molar-refractivity contribution in [2.75, 3.05) is 25.1 Å². The van der Waals surface area contributed by atoms with Crippen LogP contribution in [0, 0.1) is 5.82 Å². The molecule has 0 saturated carbocycles. The molecule has 104 valence electrons. The summed E-state index contributed by atoms with van der Waals surface area (Å²) in [5.74, 6) is -0.304. The van der Waals surface area contributed by atoms with Gasteiger partial charge in [0.2, 0.25) is 0 Å². The fourth-order valence-electron chi connectivity index (χ4n) is 2.31. The van der Waals surface area contributed by atoms with E-state index in [2.05, 4.69) is 15.9 Å². The second kappa shape index (κ2) is 6.15. The van der Waals surface area contributed by atoms with Gasteiger partial charge in [-0.2, -0.15) is 0 Å². The maximum absolute atomic E-state index is 14.4. The standard InChI is InChI=1S/C13H16BrFN2OS/c1-18-8-4-6-17(7-5-8)10-3-2-9(13(16)19)11(14)12(10)15/h2-3,8H,4-7H2,1H3,(H2,16,19). The highest BCUT2D eigenvalue weighted by molar-refractivity contribution is 9.10.